The van der Waals surface area contributed by atoms with Gasteiger partial charge in [-0.3, -0.25) is 9.59 Å². The fourth-order valence-electron chi connectivity index (χ4n) is 8.92. The number of Topliss-reactive ketones (excluding diaryl/α,β-unsaturated/α-hetero) is 1. The van der Waals surface area contributed by atoms with Gasteiger partial charge in [0.15, 0.2) is 0 Å². The molecular weight excluding hydrogens is 412 g/mol. The van der Waals surface area contributed by atoms with Crippen LogP contribution in [0.5, 0.6) is 5.75 Å². The van der Waals surface area contributed by atoms with E-state index in [0.29, 0.717) is 18.6 Å². The Morgan fingerprint density at radius 2 is 1.73 bits per heavy atom. The quantitative estimate of drug-likeness (QED) is 0.404. The first-order chi connectivity index (χ1) is 15.1. The number of phenols is 1. The summed E-state index contributed by atoms with van der Waals surface area (Å²) in [5.74, 6) is -0.573. The molecule has 4 aliphatic carbocycles. The Hall–Kier alpha value is -2.10. The van der Waals surface area contributed by atoms with Gasteiger partial charge in [0, 0.05) is 11.8 Å². The predicted octanol–water partition coefficient (Wildman–Crippen LogP) is 6.04. The maximum atomic E-state index is 13.1. The van der Waals surface area contributed by atoms with Crippen LogP contribution >= 0.6 is 0 Å². The van der Waals surface area contributed by atoms with E-state index in [2.05, 4.69) is 40.7 Å². The smallest absolute Gasteiger partial charge is 0.316 e. The van der Waals surface area contributed by atoms with Crippen molar-refractivity contribution >= 4 is 11.8 Å². The number of allylic oxidation sites excluding steroid dienone is 2. The average Bonchev–Trinajstić information content (AvgIpc) is 2.92. The molecule has 0 amide bonds. The number of aromatic hydroxyl groups is 1. The van der Waals surface area contributed by atoms with Crippen molar-refractivity contribution in [2.45, 2.75) is 92.4 Å². The third kappa shape index (κ3) is 2.48. The standard InChI is InChI=1S/C29H38O4/c1-16-17(2)20(30)12-19-18(16)8-9-21-27(19,5)15-29(7)22-13-26(4,24(32)33)23(31)14-25(22,3)10-11-28(21,29)6/h9,12,22,30H,8,10-11,13-15H2,1-7H3,(H,32,33)/t22-,25+,26+,27+,28-,29+/m0/s1. The highest BCUT2D eigenvalue weighted by Gasteiger charge is 2.71. The van der Waals surface area contributed by atoms with E-state index in [1.54, 1.807) is 6.92 Å². The Morgan fingerprint density at radius 1 is 1.06 bits per heavy atom. The summed E-state index contributed by atoms with van der Waals surface area (Å²) in [5, 5.41) is 20.8. The predicted molar refractivity (Wildman–Crippen MR) is 128 cm³/mol. The normalized spacial score (nSPS) is 43.8. The van der Waals surface area contributed by atoms with Crippen molar-refractivity contribution in [1.82, 2.24) is 0 Å². The molecule has 3 saturated carbocycles. The Labute approximate surface area is 197 Å². The Bertz CT molecular complexity index is 1150. The zero-order valence-corrected chi connectivity index (χ0v) is 21.2. The first-order valence-corrected chi connectivity index (χ1v) is 12.4. The van der Waals surface area contributed by atoms with E-state index in [1.165, 1.54) is 22.3 Å². The van der Waals surface area contributed by atoms with Gasteiger partial charge in [-0.1, -0.05) is 39.3 Å². The number of fused-ring (bicyclic) bond motifs is 7. The zero-order valence-electron chi connectivity index (χ0n) is 21.2. The van der Waals surface area contributed by atoms with E-state index in [9.17, 15) is 19.8 Å². The summed E-state index contributed by atoms with van der Waals surface area (Å²) in [6.45, 7) is 15.1. The molecule has 3 fully saturated rings. The summed E-state index contributed by atoms with van der Waals surface area (Å²) < 4.78 is 0. The molecule has 0 radical (unpaired) electrons. The van der Waals surface area contributed by atoms with E-state index in [4.69, 9.17) is 0 Å². The highest BCUT2D eigenvalue weighted by atomic mass is 16.4. The van der Waals surface area contributed by atoms with Crippen molar-refractivity contribution < 1.29 is 19.8 Å². The number of carbonyl (C=O) groups is 2. The van der Waals surface area contributed by atoms with Crippen LogP contribution in [-0.4, -0.2) is 22.0 Å². The second kappa shape index (κ2) is 6.31. The summed E-state index contributed by atoms with van der Waals surface area (Å²) in [7, 11) is 0. The fourth-order valence-corrected chi connectivity index (χ4v) is 8.92. The summed E-state index contributed by atoms with van der Waals surface area (Å²) in [6.07, 6.45) is 6.98. The van der Waals surface area contributed by atoms with E-state index >= 15 is 0 Å². The molecule has 0 heterocycles. The van der Waals surface area contributed by atoms with Crippen LogP contribution in [0.4, 0.5) is 0 Å². The summed E-state index contributed by atoms with van der Waals surface area (Å²) >= 11 is 0. The first kappa shape index (κ1) is 22.7. The number of rotatable bonds is 1. The molecule has 4 aliphatic rings. The van der Waals surface area contributed by atoms with Crippen LogP contribution in [0.3, 0.4) is 0 Å². The number of carbonyl (C=O) groups excluding carboxylic acids is 1. The van der Waals surface area contributed by atoms with Gasteiger partial charge in [0.25, 0.3) is 0 Å². The van der Waals surface area contributed by atoms with Crippen molar-refractivity contribution in [3.63, 3.8) is 0 Å². The van der Waals surface area contributed by atoms with Gasteiger partial charge in [-0.15, -0.1) is 0 Å². The SMILES string of the molecule is Cc1c(O)cc2c(c1C)CC=C1[C@]2(C)C[C@]2(C)[C@H]3C[C@@](C)(C(=O)O)C(=O)C[C@@]3(C)CC[C@@]12C. The molecule has 4 heteroatoms. The number of hydrogen-bond donors (Lipinski definition) is 2. The Balaban J connectivity index is 1.69. The van der Waals surface area contributed by atoms with Crippen LogP contribution in [0.2, 0.25) is 0 Å². The summed E-state index contributed by atoms with van der Waals surface area (Å²) in [5.41, 5.74) is 4.31. The second-order valence-electron chi connectivity index (χ2n) is 12.9. The van der Waals surface area contributed by atoms with Gasteiger partial charge in [0.05, 0.1) is 0 Å². The zero-order chi connectivity index (χ0) is 24.4. The average molecular weight is 451 g/mol. The van der Waals surface area contributed by atoms with Gasteiger partial charge < -0.3 is 10.2 Å². The molecule has 0 unspecified atom stereocenters. The maximum absolute atomic E-state index is 13.1. The molecule has 0 spiro atoms. The van der Waals surface area contributed by atoms with Crippen LogP contribution in [0.1, 0.15) is 89.0 Å². The lowest BCUT2D eigenvalue weighted by atomic mass is 9.41. The molecular formula is C29H38O4. The third-order valence-corrected chi connectivity index (χ3v) is 11.4. The van der Waals surface area contributed by atoms with Gasteiger partial charge >= 0.3 is 5.97 Å². The summed E-state index contributed by atoms with van der Waals surface area (Å²) in [6, 6.07) is 2.00. The number of phenolic OH excluding ortho intramolecular Hbond substituents is 1. The lowest BCUT2D eigenvalue weighted by molar-refractivity contribution is -0.173. The maximum Gasteiger partial charge on any atom is 0.316 e. The van der Waals surface area contributed by atoms with Crippen LogP contribution in [0.15, 0.2) is 17.7 Å². The number of benzene rings is 1. The van der Waals surface area contributed by atoms with Crippen molar-refractivity contribution in [2.75, 3.05) is 0 Å². The molecule has 5 rings (SSSR count). The van der Waals surface area contributed by atoms with Crippen LogP contribution < -0.4 is 0 Å². The van der Waals surface area contributed by atoms with Crippen LogP contribution in [-0.2, 0) is 21.4 Å². The van der Waals surface area contributed by atoms with Crippen molar-refractivity contribution in [3.8, 4) is 5.75 Å². The van der Waals surface area contributed by atoms with Crippen molar-refractivity contribution in [3.05, 3.63) is 40.0 Å². The number of aliphatic carboxylic acids is 1. The van der Waals surface area contributed by atoms with E-state index in [-0.39, 0.29) is 33.4 Å². The number of carboxylic acid groups (broad SMARTS) is 1. The number of carboxylic acids is 1. The molecule has 0 saturated heterocycles. The highest BCUT2D eigenvalue weighted by molar-refractivity contribution is 6.03. The molecule has 1 aromatic rings. The Kier molecular flexibility index (Phi) is 4.34. The molecule has 2 N–H and O–H groups in total. The highest BCUT2D eigenvalue weighted by Crippen LogP contribution is 2.77. The topological polar surface area (TPSA) is 74.6 Å². The van der Waals surface area contributed by atoms with Gasteiger partial charge in [0.1, 0.15) is 16.9 Å². The molecule has 178 valence electrons. The lowest BCUT2D eigenvalue weighted by Crippen LogP contribution is -2.59. The molecule has 0 aliphatic heterocycles. The largest absolute Gasteiger partial charge is 0.508 e. The van der Waals surface area contributed by atoms with Gasteiger partial charge in [-0.05, 0) is 103 Å². The van der Waals surface area contributed by atoms with Crippen LogP contribution in [0.25, 0.3) is 0 Å². The van der Waals surface area contributed by atoms with Crippen molar-refractivity contribution in [2.24, 2.45) is 27.6 Å². The lowest BCUT2D eigenvalue weighted by Gasteiger charge is -2.62. The molecule has 0 bridgehead atoms. The molecule has 33 heavy (non-hydrogen) atoms. The number of hydrogen-bond acceptors (Lipinski definition) is 3. The molecule has 0 aromatic heterocycles. The first-order valence-electron chi connectivity index (χ1n) is 12.4. The van der Waals surface area contributed by atoms with Crippen molar-refractivity contribution in [1.29, 1.82) is 0 Å². The minimum atomic E-state index is -1.31. The summed E-state index contributed by atoms with van der Waals surface area (Å²) in [4.78, 5) is 25.3. The molecule has 6 atom stereocenters. The van der Waals surface area contributed by atoms with Gasteiger partial charge in [-0.25, -0.2) is 0 Å². The third-order valence-electron chi connectivity index (χ3n) is 11.4. The number of ketones is 1. The monoisotopic (exact) mass is 450 g/mol. The van der Waals surface area contributed by atoms with Crippen LogP contribution in [0, 0.1) is 41.4 Å². The van der Waals surface area contributed by atoms with Gasteiger partial charge in [0.2, 0.25) is 0 Å². The fraction of sp³-hybridized carbons (Fsp3) is 0.655. The Morgan fingerprint density at radius 3 is 2.36 bits per heavy atom. The van der Waals surface area contributed by atoms with E-state index < -0.39 is 11.4 Å². The molecule has 1 aromatic carbocycles. The van der Waals surface area contributed by atoms with Gasteiger partial charge in [-0.2, -0.15) is 0 Å². The second-order valence-corrected chi connectivity index (χ2v) is 12.9. The molecule has 4 nitrogen and oxygen atoms in total. The minimum absolute atomic E-state index is 0.0577. The van der Waals surface area contributed by atoms with E-state index in [0.717, 1.165) is 31.2 Å². The minimum Gasteiger partial charge on any atom is -0.508 e. The van der Waals surface area contributed by atoms with E-state index in [1.807, 2.05) is 13.0 Å².